The van der Waals surface area contributed by atoms with Crippen LogP contribution in [0.5, 0.6) is 0 Å². The number of rotatable bonds is 3. The molecule has 2 aliphatic rings. The number of anilines is 1. The number of halogens is 2. The Morgan fingerprint density at radius 3 is 2.52 bits per heavy atom. The van der Waals surface area contributed by atoms with Gasteiger partial charge in [0.05, 0.1) is 0 Å². The van der Waals surface area contributed by atoms with Crippen LogP contribution >= 0.6 is 0 Å². The Bertz CT molecular complexity index is 486. The summed E-state index contributed by atoms with van der Waals surface area (Å²) in [6.45, 7) is 4.02. The van der Waals surface area contributed by atoms with E-state index >= 15 is 0 Å². The van der Waals surface area contributed by atoms with Gasteiger partial charge in [-0.15, -0.1) is 0 Å². The second-order valence-corrected chi connectivity index (χ2v) is 6.69. The van der Waals surface area contributed by atoms with E-state index in [0.29, 0.717) is 18.0 Å². The van der Waals surface area contributed by atoms with Crippen LogP contribution in [-0.4, -0.2) is 25.2 Å². The van der Waals surface area contributed by atoms with Crippen LogP contribution < -0.4 is 10.2 Å². The average molecular weight is 294 g/mol. The van der Waals surface area contributed by atoms with Crippen LogP contribution in [0.4, 0.5) is 14.5 Å². The van der Waals surface area contributed by atoms with Gasteiger partial charge >= 0.3 is 0 Å². The Labute approximate surface area is 125 Å². The fourth-order valence-corrected chi connectivity index (χ4v) is 3.79. The maximum atomic E-state index is 13.4. The summed E-state index contributed by atoms with van der Waals surface area (Å²) in [5, 5.41) is 3.76. The minimum atomic E-state index is -0.774. The van der Waals surface area contributed by atoms with Crippen LogP contribution in [0, 0.1) is 17.6 Å². The van der Waals surface area contributed by atoms with Crippen molar-refractivity contribution in [3.63, 3.8) is 0 Å². The van der Waals surface area contributed by atoms with Crippen molar-refractivity contribution in [3.8, 4) is 0 Å². The SMILES string of the molecule is CC1CC(NC2CCCC2)CN(c2ccc(F)c(F)c2)C1. The predicted octanol–water partition coefficient (Wildman–Crippen LogP) is 3.71. The zero-order valence-electron chi connectivity index (χ0n) is 12.6. The van der Waals surface area contributed by atoms with Gasteiger partial charge in [0.2, 0.25) is 0 Å². The van der Waals surface area contributed by atoms with Crippen molar-refractivity contribution in [2.75, 3.05) is 18.0 Å². The summed E-state index contributed by atoms with van der Waals surface area (Å²) in [7, 11) is 0. The van der Waals surface area contributed by atoms with Gasteiger partial charge in [-0.2, -0.15) is 0 Å². The first-order chi connectivity index (χ1) is 10.1. The van der Waals surface area contributed by atoms with E-state index in [1.165, 1.54) is 37.8 Å². The normalized spacial score (nSPS) is 27.3. The van der Waals surface area contributed by atoms with Crippen molar-refractivity contribution in [3.05, 3.63) is 29.8 Å². The highest BCUT2D eigenvalue weighted by molar-refractivity contribution is 5.47. The first-order valence-electron chi connectivity index (χ1n) is 8.08. The van der Waals surface area contributed by atoms with Crippen LogP contribution in [0.25, 0.3) is 0 Å². The van der Waals surface area contributed by atoms with Crippen molar-refractivity contribution in [2.45, 2.75) is 51.1 Å². The molecule has 1 aliphatic heterocycles. The highest BCUT2D eigenvalue weighted by Gasteiger charge is 2.27. The minimum absolute atomic E-state index is 0.449. The van der Waals surface area contributed by atoms with E-state index in [0.717, 1.165) is 25.2 Å². The third kappa shape index (κ3) is 3.54. The second kappa shape index (κ2) is 6.30. The van der Waals surface area contributed by atoms with Crippen LogP contribution in [0.3, 0.4) is 0 Å². The number of piperidine rings is 1. The maximum Gasteiger partial charge on any atom is 0.160 e. The van der Waals surface area contributed by atoms with Crippen LogP contribution in [-0.2, 0) is 0 Å². The number of benzene rings is 1. The molecule has 1 saturated carbocycles. The Balaban J connectivity index is 1.68. The molecule has 2 fully saturated rings. The van der Waals surface area contributed by atoms with Crippen LogP contribution in [0.2, 0.25) is 0 Å². The molecule has 0 spiro atoms. The van der Waals surface area contributed by atoms with E-state index in [9.17, 15) is 8.78 Å². The summed E-state index contributed by atoms with van der Waals surface area (Å²) in [5.74, 6) is -0.971. The summed E-state index contributed by atoms with van der Waals surface area (Å²) >= 11 is 0. The summed E-state index contributed by atoms with van der Waals surface area (Å²) < 4.78 is 26.5. The zero-order chi connectivity index (χ0) is 14.8. The Hall–Kier alpha value is -1.16. The van der Waals surface area contributed by atoms with Gasteiger partial charge in [0.15, 0.2) is 11.6 Å². The van der Waals surface area contributed by atoms with E-state index in [2.05, 4.69) is 17.1 Å². The molecule has 2 nitrogen and oxygen atoms in total. The molecule has 21 heavy (non-hydrogen) atoms. The molecule has 4 heteroatoms. The van der Waals surface area contributed by atoms with Crippen molar-refractivity contribution in [1.29, 1.82) is 0 Å². The molecule has 2 unspecified atom stereocenters. The largest absolute Gasteiger partial charge is 0.370 e. The quantitative estimate of drug-likeness (QED) is 0.914. The molecule has 1 saturated heterocycles. The summed E-state index contributed by atoms with van der Waals surface area (Å²) in [4.78, 5) is 2.18. The summed E-state index contributed by atoms with van der Waals surface area (Å²) in [6, 6.07) is 5.32. The zero-order valence-corrected chi connectivity index (χ0v) is 12.6. The molecule has 1 N–H and O–H groups in total. The fraction of sp³-hybridized carbons (Fsp3) is 0.647. The molecule has 0 amide bonds. The molecule has 0 bridgehead atoms. The van der Waals surface area contributed by atoms with E-state index in [1.54, 1.807) is 6.07 Å². The van der Waals surface area contributed by atoms with Gasteiger partial charge < -0.3 is 10.2 Å². The van der Waals surface area contributed by atoms with Gasteiger partial charge in [-0.25, -0.2) is 8.78 Å². The molecule has 0 aromatic heterocycles. The molecule has 1 aromatic rings. The van der Waals surface area contributed by atoms with E-state index in [-0.39, 0.29) is 0 Å². The van der Waals surface area contributed by atoms with Gasteiger partial charge in [-0.3, -0.25) is 0 Å². The lowest BCUT2D eigenvalue weighted by atomic mass is 9.94. The number of hydrogen-bond donors (Lipinski definition) is 1. The van der Waals surface area contributed by atoms with Crippen molar-refractivity contribution in [2.24, 2.45) is 5.92 Å². The minimum Gasteiger partial charge on any atom is -0.370 e. The molecule has 0 radical (unpaired) electrons. The Morgan fingerprint density at radius 1 is 1.05 bits per heavy atom. The smallest absolute Gasteiger partial charge is 0.160 e. The van der Waals surface area contributed by atoms with Crippen molar-refractivity contribution in [1.82, 2.24) is 5.32 Å². The summed E-state index contributed by atoms with van der Waals surface area (Å²) in [5.41, 5.74) is 0.790. The molecular weight excluding hydrogens is 270 g/mol. The standard InChI is InChI=1S/C17H24F2N2/c1-12-8-14(20-13-4-2-3-5-13)11-21(10-12)15-6-7-16(18)17(19)9-15/h6-7,9,12-14,20H,2-5,8,10-11H2,1H3. The van der Waals surface area contributed by atoms with E-state index < -0.39 is 11.6 Å². The van der Waals surface area contributed by atoms with Gasteiger partial charge in [-0.1, -0.05) is 19.8 Å². The van der Waals surface area contributed by atoms with Gasteiger partial charge in [0.1, 0.15) is 0 Å². The highest BCUT2D eigenvalue weighted by Crippen LogP contribution is 2.26. The molecule has 1 heterocycles. The second-order valence-electron chi connectivity index (χ2n) is 6.69. The predicted molar refractivity (Wildman–Crippen MR) is 81.5 cm³/mol. The molecule has 1 aromatic carbocycles. The summed E-state index contributed by atoms with van der Waals surface area (Å²) in [6.07, 6.45) is 6.36. The first kappa shape index (κ1) is 14.8. The average Bonchev–Trinajstić information content (AvgIpc) is 2.94. The highest BCUT2D eigenvalue weighted by atomic mass is 19.2. The monoisotopic (exact) mass is 294 g/mol. The third-order valence-corrected chi connectivity index (χ3v) is 4.75. The molecule has 1 aliphatic carbocycles. The third-order valence-electron chi connectivity index (χ3n) is 4.75. The van der Waals surface area contributed by atoms with Crippen molar-refractivity contribution < 1.29 is 8.78 Å². The number of nitrogens with zero attached hydrogens (tertiary/aromatic N) is 1. The van der Waals surface area contributed by atoms with Gasteiger partial charge in [-0.05, 0) is 37.3 Å². The molecular formula is C17H24F2N2. The number of hydrogen-bond acceptors (Lipinski definition) is 2. The van der Waals surface area contributed by atoms with E-state index in [4.69, 9.17) is 0 Å². The van der Waals surface area contributed by atoms with E-state index in [1.807, 2.05) is 0 Å². The topological polar surface area (TPSA) is 15.3 Å². The molecule has 3 rings (SSSR count). The fourth-order valence-electron chi connectivity index (χ4n) is 3.79. The van der Waals surface area contributed by atoms with Gasteiger partial charge in [0.25, 0.3) is 0 Å². The van der Waals surface area contributed by atoms with Crippen LogP contribution in [0.1, 0.15) is 39.0 Å². The molecule has 116 valence electrons. The van der Waals surface area contributed by atoms with Crippen molar-refractivity contribution >= 4 is 5.69 Å². The lowest BCUT2D eigenvalue weighted by molar-refractivity contribution is 0.322. The first-order valence-corrected chi connectivity index (χ1v) is 8.08. The van der Waals surface area contributed by atoms with Gasteiger partial charge in [0, 0.05) is 36.9 Å². The Morgan fingerprint density at radius 2 is 1.81 bits per heavy atom. The number of nitrogens with one attached hydrogen (secondary N) is 1. The lowest BCUT2D eigenvalue weighted by Crippen LogP contribution is -2.51. The maximum absolute atomic E-state index is 13.4. The molecule has 2 atom stereocenters. The van der Waals surface area contributed by atoms with Crippen LogP contribution in [0.15, 0.2) is 18.2 Å². The lowest BCUT2D eigenvalue weighted by Gasteiger charge is -2.39. The Kier molecular flexibility index (Phi) is 4.43.